The molecular weight excluding hydrogens is 512 g/mol. The molecule has 0 saturated heterocycles. The highest BCUT2D eigenvalue weighted by Crippen LogP contribution is 2.42. The molecular formula is C35H46O4Si. The molecule has 0 spiro atoms. The third-order valence-corrected chi connectivity index (χ3v) is 12.0. The van der Waals surface area contributed by atoms with Crippen molar-refractivity contribution in [2.45, 2.75) is 77.2 Å². The van der Waals surface area contributed by atoms with Gasteiger partial charge in [0.1, 0.15) is 11.7 Å². The molecule has 40 heavy (non-hydrogen) atoms. The Hall–Kier alpha value is -2.72. The van der Waals surface area contributed by atoms with Crippen molar-refractivity contribution in [1.82, 2.24) is 0 Å². The summed E-state index contributed by atoms with van der Waals surface area (Å²) in [6.45, 7) is 16.8. The average molecular weight is 559 g/mol. The molecule has 0 fully saturated rings. The Morgan fingerprint density at radius 3 is 1.48 bits per heavy atom. The summed E-state index contributed by atoms with van der Waals surface area (Å²) in [5.41, 5.74) is 2.23. The largest absolute Gasteiger partial charge is 0.417 e. The fourth-order valence-electron chi connectivity index (χ4n) is 4.33. The summed E-state index contributed by atoms with van der Waals surface area (Å²) in [7, 11) is -1.95. The number of ether oxygens (including phenoxy) is 3. The fraction of sp³-hybridized carbons (Fsp3) is 0.429. The highest BCUT2D eigenvalue weighted by atomic mass is 28.4. The molecule has 0 aromatic heterocycles. The summed E-state index contributed by atoms with van der Waals surface area (Å²) in [5.74, 6) is 6.61. The average Bonchev–Trinajstić information content (AvgIpc) is 2.95. The maximum absolute atomic E-state index is 7.25. The van der Waals surface area contributed by atoms with E-state index < -0.39 is 26.3 Å². The van der Waals surface area contributed by atoms with Gasteiger partial charge in [-0.25, -0.2) is 0 Å². The van der Waals surface area contributed by atoms with Gasteiger partial charge in [0, 0.05) is 26.2 Å². The van der Waals surface area contributed by atoms with Crippen molar-refractivity contribution in [3.8, 4) is 11.8 Å². The molecule has 1 atom stereocenters. The van der Waals surface area contributed by atoms with Crippen molar-refractivity contribution in [3.63, 3.8) is 0 Å². The lowest BCUT2D eigenvalue weighted by Gasteiger charge is -2.39. The van der Waals surface area contributed by atoms with Crippen LogP contribution in [0.4, 0.5) is 0 Å². The maximum Gasteiger partial charge on any atom is 0.222 e. The van der Waals surface area contributed by atoms with Gasteiger partial charge in [0.15, 0.2) is 8.32 Å². The van der Waals surface area contributed by atoms with Crippen LogP contribution >= 0.6 is 0 Å². The Bertz CT molecular complexity index is 1090. The van der Waals surface area contributed by atoms with Gasteiger partial charge < -0.3 is 18.6 Å². The van der Waals surface area contributed by atoms with Gasteiger partial charge in [-0.15, -0.1) is 0 Å². The number of benzene rings is 3. The first kappa shape index (κ1) is 31.8. The second-order valence-electron chi connectivity index (χ2n) is 11.3. The van der Waals surface area contributed by atoms with Crippen molar-refractivity contribution < 1.29 is 18.6 Å². The lowest BCUT2D eigenvalue weighted by atomic mass is 9.80. The molecule has 214 valence electrons. The molecule has 3 rings (SSSR count). The summed E-state index contributed by atoms with van der Waals surface area (Å²) in [6.07, 6.45) is -0.450. The van der Waals surface area contributed by atoms with E-state index in [9.17, 15) is 0 Å². The first-order valence-electron chi connectivity index (χ1n) is 14.4. The SMILES string of the molecule is CCOC(C#CC(CCO[Si](C)(C)C(C)(C)C)OC(c1ccccc1)(c1ccccc1)c1ccccc1)OCC. The predicted octanol–water partition coefficient (Wildman–Crippen LogP) is 8.18. The fourth-order valence-corrected chi connectivity index (χ4v) is 5.39. The Labute approximate surface area is 243 Å². The third kappa shape index (κ3) is 8.16. The topological polar surface area (TPSA) is 36.9 Å². The Morgan fingerprint density at radius 1 is 0.675 bits per heavy atom. The molecule has 4 nitrogen and oxygen atoms in total. The van der Waals surface area contributed by atoms with E-state index in [4.69, 9.17) is 18.6 Å². The first-order valence-corrected chi connectivity index (χ1v) is 17.3. The highest BCUT2D eigenvalue weighted by Gasteiger charge is 2.40. The van der Waals surface area contributed by atoms with Crippen LogP contribution in [-0.2, 0) is 24.2 Å². The third-order valence-electron chi connectivity index (χ3n) is 7.51. The summed E-state index contributed by atoms with van der Waals surface area (Å²) in [5, 5.41) is 0.117. The zero-order valence-electron chi connectivity index (χ0n) is 25.3. The van der Waals surface area contributed by atoms with Crippen LogP contribution in [-0.4, -0.2) is 40.5 Å². The van der Waals surface area contributed by atoms with E-state index in [2.05, 4.69) is 119 Å². The molecule has 3 aromatic rings. The standard InChI is InChI=1S/C35H46O4Si/c1-8-36-33(37-9-2)26-25-32(27-28-38-40(6,7)34(3,4)5)39-35(29-19-13-10-14-20-29,30-21-15-11-16-22-30)31-23-17-12-18-24-31/h10-24,32-33H,8-9,27-28H2,1-7H3. The Balaban J connectivity index is 2.11. The first-order chi connectivity index (χ1) is 19.1. The van der Waals surface area contributed by atoms with Gasteiger partial charge in [0.25, 0.3) is 0 Å². The zero-order chi connectivity index (χ0) is 29.1. The van der Waals surface area contributed by atoms with Crippen LogP contribution in [0.25, 0.3) is 0 Å². The molecule has 0 radical (unpaired) electrons. The molecule has 0 aliphatic carbocycles. The van der Waals surface area contributed by atoms with Crippen molar-refractivity contribution in [3.05, 3.63) is 108 Å². The quantitative estimate of drug-likeness (QED) is 0.0917. The summed E-state index contributed by atoms with van der Waals surface area (Å²) >= 11 is 0. The van der Waals surface area contributed by atoms with Crippen LogP contribution in [0, 0.1) is 11.8 Å². The van der Waals surface area contributed by atoms with E-state index in [0.717, 1.165) is 16.7 Å². The van der Waals surface area contributed by atoms with Crippen LogP contribution in [0.5, 0.6) is 0 Å². The molecule has 0 aliphatic heterocycles. The summed E-state index contributed by atoms with van der Waals surface area (Å²) in [6, 6.07) is 31.2. The van der Waals surface area contributed by atoms with Gasteiger partial charge >= 0.3 is 0 Å². The monoisotopic (exact) mass is 558 g/mol. The Morgan fingerprint density at radius 2 is 1.10 bits per heavy atom. The van der Waals surface area contributed by atoms with E-state index in [1.165, 1.54) is 0 Å². The smallest absolute Gasteiger partial charge is 0.222 e. The van der Waals surface area contributed by atoms with E-state index >= 15 is 0 Å². The van der Waals surface area contributed by atoms with Gasteiger partial charge in [0.2, 0.25) is 6.29 Å². The molecule has 0 bridgehead atoms. The van der Waals surface area contributed by atoms with Gasteiger partial charge in [0.05, 0.1) is 0 Å². The summed E-state index contributed by atoms with van der Waals surface area (Å²) in [4.78, 5) is 0. The molecule has 0 N–H and O–H groups in total. The molecule has 0 heterocycles. The number of hydrogen-bond donors (Lipinski definition) is 0. The maximum atomic E-state index is 7.25. The van der Waals surface area contributed by atoms with Crippen LogP contribution < -0.4 is 0 Å². The molecule has 5 heteroatoms. The highest BCUT2D eigenvalue weighted by molar-refractivity contribution is 6.74. The molecule has 3 aromatic carbocycles. The van der Waals surface area contributed by atoms with E-state index in [1.54, 1.807) is 0 Å². The lowest BCUT2D eigenvalue weighted by molar-refractivity contribution is -0.0975. The minimum atomic E-state index is -1.95. The van der Waals surface area contributed by atoms with Crippen molar-refractivity contribution in [1.29, 1.82) is 0 Å². The van der Waals surface area contributed by atoms with Crippen molar-refractivity contribution in [2.75, 3.05) is 19.8 Å². The number of rotatable bonds is 13. The predicted molar refractivity (Wildman–Crippen MR) is 167 cm³/mol. The number of hydrogen-bond acceptors (Lipinski definition) is 4. The minimum absolute atomic E-state index is 0.117. The van der Waals surface area contributed by atoms with Crippen LogP contribution in [0.1, 0.15) is 57.7 Å². The van der Waals surface area contributed by atoms with Crippen LogP contribution in [0.3, 0.4) is 0 Å². The van der Waals surface area contributed by atoms with Gasteiger partial charge in [-0.1, -0.05) is 118 Å². The molecule has 0 aliphatic rings. The Kier molecular flexibility index (Phi) is 11.7. The van der Waals surface area contributed by atoms with Crippen LogP contribution in [0.2, 0.25) is 18.1 Å². The van der Waals surface area contributed by atoms with E-state index in [1.807, 2.05) is 32.0 Å². The van der Waals surface area contributed by atoms with E-state index in [0.29, 0.717) is 26.2 Å². The lowest BCUT2D eigenvalue weighted by Crippen LogP contribution is -2.42. The van der Waals surface area contributed by atoms with Crippen molar-refractivity contribution >= 4 is 8.32 Å². The van der Waals surface area contributed by atoms with Crippen molar-refractivity contribution in [2.24, 2.45) is 0 Å². The summed E-state index contributed by atoms with van der Waals surface area (Å²) < 4.78 is 25.3. The van der Waals surface area contributed by atoms with Gasteiger partial charge in [-0.2, -0.15) is 0 Å². The normalized spacial score (nSPS) is 13.1. The zero-order valence-corrected chi connectivity index (χ0v) is 26.3. The second-order valence-corrected chi connectivity index (χ2v) is 16.1. The van der Waals surface area contributed by atoms with Gasteiger partial charge in [-0.05, 0) is 54.6 Å². The molecule has 0 saturated carbocycles. The molecule has 1 unspecified atom stereocenters. The van der Waals surface area contributed by atoms with E-state index in [-0.39, 0.29) is 5.04 Å². The second kappa shape index (κ2) is 14.8. The van der Waals surface area contributed by atoms with Crippen LogP contribution in [0.15, 0.2) is 91.0 Å². The van der Waals surface area contributed by atoms with Gasteiger partial charge in [-0.3, -0.25) is 0 Å². The minimum Gasteiger partial charge on any atom is -0.417 e. The molecule has 0 amide bonds.